The van der Waals surface area contributed by atoms with Crippen LogP contribution in [0.4, 0.5) is 0 Å². The topological polar surface area (TPSA) is 60.7 Å². The average Bonchev–Trinajstić information content (AvgIpc) is 3.50. The molecule has 1 atom stereocenters. The van der Waals surface area contributed by atoms with Gasteiger partial charge in [0.15, 0.2) is 4.80 Å². The maximum atomic E-state index is 13.6. The molecule has 5 rings (SSSR count). The molecule has 0 saturated heterocycles. The Morgan fingerprint density at radius 1 is 1.11 bits per heavy atom. The molecule has 0 saturated carbocycles. The molecule has 0 N–H and O–H groups in total. The van der Waals surface area contributed by atoms with E-state index in [1.807, 2.05) is 84.4 Å². The number of allylic oxidation sites excluding steroid dienone is 1. The molecule has 2 aromatic heterocycles. The van der Waals surface area contributed by atoms with Crippen molar-refractivity contribution in [3.8, 4) is 0 Å². The standard InChI is InChI=1S/C27H22N2O3S3/c1-17-23(26(31)32-16-18-7-4-3-5-8-18)24(19-10-12-20(33-2)13-11-19)29-25(30)22(35-27(29)28-17)15-21-9-6-14-34-21/h3-15,24H,16H2,1-2H3. The number of fused-ring (bicyclic) bond motifs is 1. The molecule has 1 aliphatic heterocycles. The number of thiazole rings is 1. The molecule has 4 aromatic rings. The molecule has 0 bridgehead atoms. The Hall–Kier alpha value is -3.20. The van der Waals surface area contributed by atoms with Crippen LogP contribution in [0, 0.1) is 0 Å². The van der Waals surface area contributed by atoms with E-state index in [0.29, 0.717) is 20.6 Å². The fraction of sp³-hybridized carbons (Fsp3) is 0.148. The SMILES string of the molecule is CSc1ccc(C2C(C(=O)OCc3ccccc3)=C(C)N=c3sc(=Cc4cccs4)c(=O)n32)cc1. The van der Waals surface area contributed by atoms with Crippen LogP contribution in [0.25, 0.3) is 6.08 Å². The van der Waals surface area contributed by atoms with Gasteiger partial charge in [0.25, 0.3) is 5.56 Å². The maximum Gasteiger partial charge on any atom is 0.338 e. The van der Waals surface area contributed by atoms with Crippen molar-refractivity contribution in [3.63, 3.8) is 0 Å². The number of carbonyl (C=O) groups is 1. The molecule has 0 spiro atoms. The summed E-state index contributed by atoms with van der Waals surface area (Å²) in [6.45, 7) is 1.95. The van der Waals surface area contributed by atoms with E-state index < -0.39 is 12.0 Å². The Balaban J connectivity index is 1.61. The highest BCUT2D eigenvalue weighted by Crippen LogP contribution is 2.32. The Labute approximate surface area is 214 Å². The monoisotopic (exact) mass is 518 g/mol. The molecule has 35 heavy (non-hydrogen) atoms. The smallest absolute Gasteiger partial charge is 0.338 e. The van der Waals surface area contributed by atoms with Gasteiger partial charge >= 0.3 is 5.97 Å². The fourth-order valence-electron chi connectivity index (χ4n) is 3.99. The van der Waals surface area contributed by atoms with Crippen LogP contribution in [0.15, 0.2) is 98.1 Å². The van der Waals surface area contributed by atoms with Gasteiger partial charge in [0, 0.05) is 9.77 Å². The van der Waals surface area contributed by atoms with Crippen molar-refractivity contribution >= 4 is 46.5 Å². The van der Waals surface area contributed by atoms with Crippen LogP contribution in [-0.2, 0) is 16.1 Å². The normalized spacial score (nSPS) is 15.6. The first-order chi connectivity index (χ1) is 17.0. The minimum Gasteiger partial charge on any atom is -0.457 e. The van der Waals surface area contributed by atoms with Crippen LogP contribution in [0.2, 0.25) is 0 Å². The number of esters is 1. The zero-order chi connectivity index (χ0) is 24.4. The summed E-state index contributed by atoms with van der Waals surface area (Å²) in [7, 11) is 0. The van der Waals surface area contributed by atoms with Gasteiger partial charge in [-0.1, -0.05) is 59.9 Å². The summed E-state index contributed by atoms with van der Waals surface area (Å²) in [5.74, 6) is -0.471. The first-order valence-electron chi connectivity index (χ1n) is 11.0. The van der Waals surface area contributed by atoms with E-state index in [4.69, 9.17) is 4.74 Å². The third-order valence-electron chi connectivity index (χ3n) is 5.70. The summed E-state index contributed by atoms with van der Waals surface area (Å²) >= 11 is 4.55. The number of hydrogen-bond acceptors (Lipinski definition) is 7. The molecule has 2 aromatic carbocycles. The van der Waals surface area contributed by atoms with Crippen molar-refractivity contribution in [2.45, 2.75) is 24.5 Å². The van der Waals surface area contributed by atoms with E-state index in [0.717, 1.165) is 20.9 Å². The number of rotatable bonds is 6. The number of carbonyl (C=O) groups excluding carboxylic acids is 1. The number of aromatic nitrogens is 1. The summed E-state index contributed by atoms with van der Waals surface area (Å²) in [6.07, 6.45) is 3.90. The Bertz CT molecular complexity index is 1570. The first-order valence-corrected chi connectivity index (χ1v) is 13.9. The third-order valence-corrected chi connectivity index (χ3v) is 8.25. The van der Waals surface area contributed by atoms with Crippen molar-refractivity contribution in [1.82, 2.24) is 4.57 Å². The van der Waals surface area contributed by atoms with Crippen LogP contribution in [0.5, 0.6) is 0 Å². The number of ether oxygens (including phenoxy) is 1. The summed E-state index contributed by atoms with van der Waals surface area (Å²) < 4.78 is 7.92. The molecule has 3 heterocycles. The van der Waals surface area contributed by atoms with Gasteiger partial charge in [0.05, 0.1) is 21.8 Å². The zero-order valence-corrected chi connectivity index (χ0v) is 21.6. The second-order valence-corrected chi connectivity index (χ2v) is 10.8. The molecular formula is C27H22N2O3S3. The van der Waals surface area contributed by atoms with Gasteiger partial charge in [0.1, 0.15) is 6.61 Å². The Kier molecular flexibility index (Phi) is 6.86. The molecule has 8 heteroatoms. The lowest BCUT2D eigenvalue weighted by molar-refractivity contribution is -0.140. The van der Waals surface area contributed by atoms with Gasteiger partial charge in [-0.05, 0) is 54.0 Å². The Morgan fingerprint density at radius 3 is 2.57 bits per heavy atom. The van der Waals surface area contributed by atoms with E-state index in [9.17, 15) is 9.59 Å². The highest BCUT2D eigenvalue weighted by Gasteiger charge is 2.33. The van der Waals surface area contributed by atoms with E-state index >= 15 is 0 Å². The van der Waals surface area contributed by atoms with Gasteiger partial charge in [-0.3, -0.25) is 9.36 Å². The highest BCUT2D eigenvalue weighted by atomic mass is 32.2. The Morgan fingerprint density at radius 2 is 1.89 bits per heavy atom. The molecule has 0 fully saturated rings. The van der Waals surface area contributed by atoms with Crippen LogP contribution >= 0.6 is 34.4 Å². The lowest BCUT2D eigenvalue weighted by atomic mass is 9.96. The largest absolute Gasteiger partial charge is 0.457 e. The predicted molar refractivity (Wildman–Crippen MR) is 143 cm³/mol. The number of thiophene rings is 1. The maximum absolute atomic E-state index is 13.6. The van der Waals surface area contributed by atoms with Crippen molar-refractivity contribution in [1.29, 1.82) is 0 Å². The van der Waals surface area contributed by atoms with Crippen LogP contribution in [0.3, 0.4) is 0 Å². The summed E-state index contributed by atoms with van der Waals surface area (Å²) in [5.41, 5.74) is 2.52. The van der Waals surface area contributed by atoms with Crippen molar-refractivity contribution < 1.29 is 9.53 Å². The second-order valence-electron chi connectivity index (χ2n) is 7.93. The number of thioether (sulfide) groups is 1. The van der Waals surface area contributed by atoms with Crippen LogP contribution < -0.4 is 14.9 Å². The zero-order valence-electron chi connectivity index (χ0n) is 19.1. The molecular weight excluding hydrogens is 497 g/mol. The van der Waals surface area contributed by atoms with Gasteiger partial charge in [-0.25, -0.2) is 9.79 Å². The van der Waals surface area contributed by atoms with Crippen molar-refractivity contribution in [2.75, 3.05) is 6.26 Å². The average molecular weight is 519 g/mol. The van der Waals surface area contributed by atoms with Gasteiger partial charge in [0.2, 0.25) is 0 Å². The van der Waals surface area contributed by atoms with Crippen molar-refractivity contribution in [2.24, 2.45) is 4.99 Å². The molecule has 5 nitrogen and oxygen atoms in total. The lowest BCUT2D eigenvalue weighted by Gasteiger charge is -2.25. The molecule has 176 valence electrons. The summed E-state index contributed by atoms with van der Waals surface area (Å²) in [6, 6.07) is 20.8. The van der Waals surface area contributed by atoms with Crippen LogP contribution in [-0.4, -0.2) is 16.8 Å². The minimum absolute atomic E-state index is 0.150. The van der Waals surface area contributed by atoms with Gasteiger partial charge in [-0.2, -0.15) is 0 Å². The van der Waals surface area contributed by atoms with E-state index in [1.54, 1.807) is 34.6 Å². The molecule has 0 amide bonds. The molecule has 1 aliphatic rings. The van der Waals surface area contributed by atoms with Crippen LogP contribution in [0.1, 0.15) is 29.0 Å². The molecule has 0 aliphatic carbocycles. The number of nitrogens with zero attached hydrogens (tertiary/aromatic N) is 2. The quantitative estimate of drug-likeness (QED) is 0.273. The fourth-order valence-corrected chi connectivity index (χ4v) is 6.17. The van der Waals surface area contributed by atoms with E-state index in [-0.39, 0.29) is 12.2 Å². The predicted octanol–water partition coefficient (Wildman–Crippen LogP) is 4.76. The lowest BCUT2D eigenvalue weighted by Crippen LogP contribution is -2.39. The minimum atomic E-state index is -0.615. The third kappa shape index (κ3) is 4.82. The second kappa shape index (κ2) is 10.2. The number of benzene rings is 2. The van der Waals surface area contributed by atoms with Crippen molar-refractivity contribution in [3.05, 3.63) is 119 Å². The summed E-state index contributed by atoms with van der Waals surface area (Å²) in [4.78, 5) is 34.4. The van der Waals surface area contributed by atoms with Gasteiger partial charge < -0.3 is 4.74 Å². The molecule has 0 radical (unpaired) electrons. The molecule has 1 unspecified atom stereocenters. The number of hydrogen-bond donors (Lipinski definition) is 0. The van der Waals surface area contributed by atoms with E-state index in [2.05, 4.69) is 4.99 Å². The summed E-state index contributed by atoms with van der Waals surface area (Å²) in [5, 5.41) is 1.98. The van der Waals surface area contributed by atoms with Gasteiger partial charge in [-0.15, -0.1) is 23.1 Å². The first kappa shape index (κ1) is 23.5. The van der Waals surface area contributed by atoms with E-state index in [1.165, 1.54) is 11.3 Å². The highest BCUT2D eigenvalue weighted by molar-refractivity contribution is 7.98.